The van der Waals surface area contributed by atoms with E-state index in [-0.39, 0.29) is 22.8 Å². The number of carbonyl (C=O) groups excluding carboxylic acids is 2. The van der Waals surface area contributed by atoms with Crippen molar-refractivity contribution >= 4 is 34.4 Å². The predicted octanol–water partition coefficient (Wildman–Crippen LogP) is 2.08. The van der Waals surface area contributed by atoms with Crippen LogP contribution in [0.25, 0.3) is 11.0 Å². The molecule has 7 heteroatoms. The highest BCUT2D eigenvalue weighted by Gasteiger charge is 2.14. The van der Waals surface area contributed by atoms with Gasteiger partial charge in [0.25, 0.3) is 5.91 Å². The lowest BCUT2D eigenvalue weighted by molar-refractivity contribution is -0.131. The zero-order chi connectivity index (χ0) is 16.1. The number of hydrogen-bond donors (Lipinski definition) is 1. The van der Waals surface area contributed by atoms with Crippen LogP contribution < -0.4 is 15.7 Å². The maximum absolute atomic E-state index is 11.9. The van der Waals surface area contributed by atoms with Crippen LogP contribution in [0.4, 0.5) is 0 Å². The Hall–Kier alpha value is -2.34. The third-order valence-electron chi connectivity index (χ3n) is 2.83. The average molecular weight is 324 g/mol. The Morgan fingerprint density at radius 3 is 2.77 bits per heavy atom. The molecule has 0 fully saturated rings. The van der Waals surface area contributed by atoms with Gasteiger partial charge in [0, 0.05) is 18.0 Å². The van der Waals surface area contributed by atoms with Crippen LogP contribution in [0.1, 0.15) is 23.7 Å². The number of amides is 1. The van der Waals surface area contributed by atoms with Gasteiger partial charge >= 0.3 is 11.6 Å². The molecule has 0 aliphatic rings. The molecule has 0 aliphatic carbocycles. The van der Waals surface area contributed by atoms with E-state index >= 15 is 0 Å². The Balaban J connectivity index is 2.35. The van der Waals surface area contributed by atoms with Gasteiger partial charge in [-0.15, -0.1) is 11.6 Å². The summed E-state index contributed by atoms with van der Waals surface area (Å²) in [6.45, 7) is 2.39. The van der Waals surface area contributed by atoms with E-state index in [1.165, 1.54) is 18.2 Å². The van der Waals surface area contributed by atoms with Gasteiger partial charge in [-0.2, -0.15) is 0 Å². The lowest BCUT2D eigenvalue weighted by Gasteiger charge is -2.05. The van der Waals surface area contributed by atoms with Crippen molar-refractivity contribution in [3.63, 3.8) is 0 Å². The fourth-order valence-corrected chi connectivity index (χ4v) is 1.86. The summed E-state index contributed by atoms with van der Waals surface area (Å²) in [5.74, 6) is -1.16. The van der Waals surface area contributed by atoms with E-state index in [9.17, 15) is 14.4 Å². The van der Waals surface area contributed by atoms with Gasteiger partial charge in [-0.05, 0) is 24.6 Å². The number of ether oxygens (including phenoxy) is 1. The van der Waals surface area contributed by atoms with Crippen molar-refractivity contribution in [1.29, 1.82) is 0 Å². The van der Waals surface area contributed by atoms with E-state index in [2.05, 4.69) is 5.32 Å². The van der Waals surface area contributed by atoms with Crippen molar-refractivity contribution in [1.82, 2.24) is 5.32 Å². The standard InChI is InChI=1S/C15H14ClNO5/c1-2-5-17-14(19)11-6-9-3-4-10(21-13(18)8-16)7-12(9)22-15(11)20/h3-4,6-7H,2,5,8H2,1H3,(H,17,19). The zero-order valence-electron chi connectivity index (χ0n) is 11.8. The van der Waals surface area contributed by atoms with Crippen LogP contribution in [-0.2, 0) is 4.79 Å². The highest BCUT2D eigenvalue weighted by atomic mass is 35.5. The van der Waals surface area contributed by atoms with Gasteiger partial charge in [0.15, 0.2) is 0 Å². The number of hydrogen-bond acceptors (Lipinski definition) is 5. The van der Waals surface area contributed by atoms with Crippen molar-refractivity contribution < 1.29 is 18.7 Å². The Labute approximate surface area is 131 Å². The molecule has 116 valence electrons. The van der Waals surface area contributed by atoms with Crippen LogP contribution >= 0.6 is 11.6 Å². The molecule has 1 N–H and O–H groups in total. The zero-order valence-corrected chi connectivity index (χ0v) is 12.6. The first-order chi connectivity index (χ1) is 10.5. The first kappa shape index (κ1) is 16.0. The third kappa shape index (κ3) is 3.65. The third-order valence-corrected chi connectivity index (χ3v) is 3.05. The minimum Gasteiger partial charge on any atom is -0.426 e. The second-order valence-electron chi connectivity index (χ2n) is 4.51. The van der Waals surface area contributed by atoms with Crippen molar-refractivity contribution in [2.45, 2.75) is 13.3 Å². The van der Waals surface area contributed by atoms with Gasteiger partial charge in [-0.25, -0.2) is 4.79 Å². The molecule has 6 nitrogen and oxygen atoms in total. The molecule has 0 saturated heterocycles. The number of carbonyl (C=O) groups is 2. The summed E-state index contributed by atoms with van der Waals surface area (Å²) in [4.78, 5) is 34.9. The van der Waals surface area contributed by atoms with Crippen molar-refractivity contribution in [2.75, 3.05) is 12.4 Å². The molecule has 0 saturated carbocycles. The minimum absolute atomic E-state index is 0.0635. The van der Waals surface area contributed by atoms with Gasteiger partial charge in [0.2, 0.25) is 0 Å². The molecular formula is C15H14ClNO5. The molecule has 0 aliphatic heterocycles. The highest BCUT2D eigenvalue weighted by molar-refractivity contribution is 6.26. The predicted molar refractivity (Wildman–Crippen MR) is 81.5 cm³/mol. The first-order valence-corrected chi connectivity index (χ1v) is 7.21. The molecule has 0 atom stereocenters. The minimum atomic E-state index is -0.748. The molecule has 2 rings (SSSR count). The molecule has 1 amide bonds. The summed E-state index contributed by atoms with van der Waals surface area (Å²) >= 11 is 5.35. The number of nitrogens with one attached hydrogen (secondary N) is 1. The Kier molecular flexibility index (Phi) is 5.16. The summed E-state index contributed by atoms with van der Waals surface area (Å²) < 4.78 is 10.0. The Bertz CT molecular complexity index is 768. The Morgan fingerprint density at radius 1 is 1.32 bits per heavy atom. The van der Waals surface area contributed by atoms with Gasteiger partial charge in [-0.1, -0.05) is 6.92 Å². The molecule has 0 radical (unpaired) electrons. The van der Waals surface area contributed by atoms with Gasteiger partial charge in [-0.3, -0.25) is 9.59 Å². The summed E-state index contributed by atoms with van der Waals surface area (Å²) in [6, 6.07) is 5.96. The van der Waals surface area contributed by atoms with E-state index in [4.69, 9.17) is 20.8 Å². The van der Waals surface area contributed by atoms with Crippen molar-refractivity contribution in [2.24, 2.45) is 0 Å². The van der Waals surface area contributed by atoms with Gasteiger partial charge in [0.05, 0.1) is 0 Å². The van der Waals surface area contributed by atoms with Crippen LogP contribution in [0.5, 0.6) is 5.75 Å². The molecule has 1 aromatic heterocycles. The fourth-order valence-electron chi connectivity index (χ4n) is 1.81. The van der Waals surface area contributed by atoms with Crippen LogP contribution in [-0.4, -0.2) is 24.3 Å². The number of rotatable bonds is 5. The molecular weight excluding hydrogens is 310 g/mol. The van der Waals surface area contributed by atoms with Crippen LogP contribution in [0, 0.1) is 0 Å². The maximum Gasteiger partial charge on any atom is 0.349 e. The second kappa shape index (κ2) is 7.09. The Morgan fingerprint density at radius 2 is 2.09 bits per heavy atom. The molecule has 0 bridgehead atoms. The second-order valence-corrected chi connectivity index (χ2v) is 4.78. The number of alkyl halides is 1. The van der Waals surface area contributed by atoms with Crippen molar-refractivity contribution in [3.05, 3.63) is 40.2 Å². The van der Waals surface area contributed by atoms with E-state index in [1.54, 1.807) is 6.07 Å². The lowest BCUT2D eigenvalue weighted by atomic mass is 10.1. The number of esters is 1. The summed E-state index contributed by atoms with van der Waals surface area (Å²) in [5, 5.41) is 3.16. The monoisotopic (exact) mass is 323 g/mol. The number of fused-ring (bicyclic) bond motifs is 1. The highest BCUT2D eigenvalue weighted by Crippen LogP contribution is 2.20. The van der Waals surface area contributed by atoms with Crippen LogP contribution in [0.3, 0.4) is 0 Å². The average Bonchev–Trinajstić information content (AvgIpc) is 2.51. The van der Waals surface area contributed by atoms with E-state index in [1.807, 2.05) is 6.92 Å². The van der Waals surface area contributed by atoms with Gasteiger partial charge < -0.3 is 14.5 Å². The van der Waals surface area contributed by atoms with Crippen molar-refractivity contribution in [3.8, 4) is 5.75 Å². The lowest BCUT2D eigenvalue weighted by Crippen LogP contribution is -2.28. The summed E-state index contributed by atoms with van der Waals surface area (Å²) in [6.07, 6.45) is 0.764. The topological polar surface area (TPSA) is 85.6 Å². The molecule has 1 aromatic carbocycles. The SMILES string of the molecule is CCCNC(=O)c1cc2ccc(OC(=O)CCl)cc2oc1=O. The molecule has 0 unspecified atom stereocenters. The van der Waals surface area contributed by atoms with Crippen LogP contribution in [0.15, 0.2) is 33.5 Å². The molecule has 1 heterocycles. The quantitative estimate of drug-likeness (QED) is 0.394. The summed E-state index contributed by atoms with van der Waals surface area (Å²) in [5.41, 5.74) is -0.592. The smallest absolute Gasteiger partial charge is 0.349 e. The molecule has 22 heavy (non-hydrogen) atoms. The number of halogens is 1. The normalized spacial score (nSPS) is 10.5. The molecule has 2 aromatic rings. The number of benzene rings is 1. The fraction of sp³-hybridized carbons (Fsp3) is 0.267. The van der Waals surface area contributed by atoms with Gasteiger partial charge in [0.1, 0.15) is 22.8 Å². The van der Waals surface area contributed by atoms with E-state index < -0.39 is 17.5 Å². The first-order valence-electron chi connectivity index (χ1n) is 6.68. The van der Waals surface area contributed by atoms with E-state index in [0.717, 1.165) is 6.42 Å². The summed E-state index contributed by atoms with van der Waals surface area (Å²) in [7, 11) is 0. The van der Waals surface area contributed by atoms with Crippen LogP contribution in [0.2, 0.25) is 0 Å². The molecule has 0 spiro atoms. The van der Waals surface area contributed by atoms with E-state index in [0.29, 0.717) is 11.9 Å². The largest absolute Gasteiger partial charge is 0.426 e. The maximum atomic E-state index is 11.9.